The molecule has 0 heterocycles. The Bertz CT molecular complexity index is 822. The van der Waals surface area contributed by atoms with Crippen LogP contribution in [0.2, 0.25) is 0 Å². The Morgan fingerprint density at radius 3 is 2.21 bits per heavy atom. The maximum atomic E-state index is 13.0. The van der Waals surface area contributed by atoms with Crippen molar-refractivity contribution in [2.75, 3.05) is 26.4 Å². The number of carbonyl (C=O) groups excluding carboxylic acids is 3. The number of urea groups is 1. The van der Waals surface area contributed by atoms with Crippen molar-refractivity contribution in [2.24, 2.45) is 0 Å². The molecule has 0 bridgehead atoms. The van der Waals surface area contributed by atoms with Gasteiger partial charge in [0.05, 0.1) is 0 Å². The Morgan fingerprint density at radius 2 is 1.59 bits per heavy atom. The predicted octanol–water partition coefficient (Wildman–Crippen LogP) is 2.69. The van der Waals surface area contributed by atoms with Gasteiger partial charge in [-0.25, -0.2) is 9.18 Å². The molecule has 7 nitrogen and oxygen atoms in total. The molecule has 0 saturated heterocycles. The number of amides is 3. The molecule has 3 amide bonds. The molecule has 0 unspecified atom stereocenters. The summed E-state index contributed by atoms with van der Waals surface area (Å²) in [6.07, 6.45) is 0.648. The van der Waals surface area contributed by atoms with E-state index in [1.165, 1.54) is 36.4 Å². The number of halogens is 1. The van der Waals surface area contributed by atoms with Gasteiger partial charge in [-0.1, -0.05) is 0 Å². The Balaban J connectivity index is 1.75. The average molecular weight is 402 g/mol. The number of ketones is 1. The van der Waals surface area contributed by atoms with Crippen LogP contribution in [-0.2, 0) is 9.53 Å². The van der Waals surface area contributed by atoms with Crippen LogP contribution in [0.4, 0.5) is 9.18 Å². The zero-order valence-electron chi connectivity index (χ0n) is 16.1. The summed E-state index contributed by atoms with van der Waals surface area (Å²) in [4.78, 5) is 35.6. The van der Waals surface area contributed by atoms with E-state index in [1.807, 2.05) is 6.92 Å². The van der Waals surface area contributed by atoms with Crippen LogP contribution in [-0.4, -0.2) is 44.1 Å². The first kappa shape index (κ1) is 22.0. The molecule has 0 aromatic heterocycles. The first-order chi connectivity index (χ1) is 14.0. The lowest BCUT2D eigenvalue weighted by atomic mass is 10.0. The van der Waals surface area contributed by atoms with Gasteiger partial charge in [-0.3, -0.25) is 14.9 Å². The molecule has 0 aliphatic heterocycles. The highest BCUT2D eigenvalue weighted by Gasteiger charge is 2.11. The molecule has 0 fully saturated rings. The quantitative estimate of drug-likeness (QED) is 0.471. The maximum absolute atomic E-state index is 13.0. The van der Waals surface area contributed by atoms with Gasteiger partial charge in [0.15, 0.2) is 12.4 Å². The van der Waals surface area contributed by atoms with Gasteiger partial charge in [0.25, 0.3) is 5.91 Å². The van der Waals surface area contributed by atoms with E-state index in [2.05, 4.69) is 10.6 Å². The van der Waals surface area contributed by atoms with Gasteiger partial charge in [0.2, 0.25) is 0 Å². The lowest BCUT2D eigenvalue weighted by molar-refractivity contribution is -0.122. The van der Waals surface area contributed by atoms with Crippen LogP contribution >= 0.6 is 0 Å². The zero-order chi connectivity index (χ0) is 21.1. The van der Waals surface area contributed by atoms with Crippen molar-refractivity contribution in [1.82, 2.24) is 10.6 Å². The van der Waals surface area contributed by atoms with E-state index in [9.17, 15) is 18.8 Å². The smallest absolute Gasteiger partial charge is 0.321 e. The van der Waals surface area contributed by atoms with Crippen LogP contribution in [0.1, 0.15) is 29.3 Å². The Hall–Kier alpha value is -3.26. The fraction of sp³-hybridized carbons (Fsp3) is 0.286. The van der Waals surface area contributed by atoms with Gasteiger partial charge in [0, 0.05) is 30.9 Å². The molecule has 8 heteroatoms. The van der Waals surface area contributed by atoms with Crippen molar-refractivity contribution in [2.45, 2.75) is 13.3 Å². The van der Waals surface area contributed by atoms with Gasteiger partial charge in [-0.2, -0.15) is 0 Å². The molecule has 154 valence electrons. The molecule has 2 aromatic rings. The highest BCUT2D eigenvalue weighted by Crippen LogP contribution is 2.16. The Morgan fingerprint density at radius 1 is 0.966 bits per heavy atom. The van der Waals surface area contributed by atoms with Crippen molar-refractivity contribution in [3.8, 4) is 5.75 Å². The second-order valence-electron chi connectivity index (χ2n) is 6.00. The second kappa shape index (κ2) is 11.6. The van der Waals surface area contributed by atoms with E-state index in [0.717, 1.165) is 0 Å². The van der Waals surface area contributed by atoms with Gasteiger partial charge in [-0.15, -0.1) is 0 Å². The minimum absolute atomic E-state index is 0.254. The van der Waals surface area contributed by atoms with Crippen molar-refractivity contribution in [3.05, 3.63) is 65.5 Å². The first-order valence-electron chi connectivity index (χ1n) is 9.18. The number of rotatable bonds is 10. The largest absolute Gasteiger partial charge is 0.484 e. The van der Waals surface area contributed by atoms with Crippen LogP contribution in [0, 0.1) is 5.82 Å². The van der Waals surface area contributed by atoms with E-state index < -0.39 is 17.8 Å². The second-order valence-corrected chi connectivity index (χ2v) is 6.00. The average Bonchev–Trinajstić information content (AvgIpc) is 2.72. The molecule has 2 N–H and O–H groups in total. The topological polar surface area (TPSA) is 93.7 Å². The number of imide groups is 1. The van der Waals surface area contributed by atoms with Gasteiger partial charge < -0.3 is 14.8 Å². The standard InChI is InChI=1S/C21H23FN2O5/c1-2-28-13-3-12-23-21(27)24-19(25)14-29-18-10-6-16(7-11-18)20(26)15-4-8-17(22)9-5-15/h4-11H,2-3,12-14H2,1H3,(H2,23,24,25,27). The van der Waals surface area contributed by atoms with Crippen molar-refractivity contribution in [1.29, 1.82) is 0 Å². The molecule has 2 rings (SSSR count). The van der Waals surface area contributed by atoms with Crippen LogP contribution in [0.3, 0.4) is 0 Å². The SMILES string of the molecule is CCOCCCNC(=O)NC(=O)COc1ccc(C(=O)c2ccc(F)cc2)cc1. The van der Waals surface area contributed by atoms with E-state index in [-0.39, 0.29) is 12.4 Å². The van der Waals surface area contributed by atoms with Crippen LogP contribution in [0.25, 0.3) is 0 Å². The van der Waals surface area contributed by atoms with Gasteiger partial charge in [-0.05, 0) is 61.9 Å². The van der Waals surface area contributed by atoms with E-state index in [0.29, 0.717) is 43.1 Å². The van der Waals surface area contributed by atoms with Crippen molar-refractivity contribution >= 4 is 17.7 Å². The lowest BCUT2D eigenvalue weighted by Gasteiger charge is -2.09. The van der Waals surface area contributed by atoms with Crippen molar-refractivity contribution < 1.29 is 28.2 Å². The molecule has 0 saturated carbocycles. The highest BCUT2D eigenvalue weighted by molar-refractivity contribution is 6.09. The Kier molecular flexibility index (Phi) is 8.78. The molecular weight excluding hydrogens is 379 g/mol. The zero-order valence-corrected chi connectivity index (χ0v) is 16.1. The minimum Gasteiger partial charge on any atom is -0.484 e. The predicted molar refractivity (Wildman–Crippen MR) is 104 cm³/mol. The highest BCUT2D eigenvalue weighted by atomic mass is 19.1. The molecule has 0 spiro atoms. The summed E-state index contributed by atoms with van der Waals surface area (Å²) in [5.41, 5.74) is 0.770. The number of nitrogens with one attached hydrogen (secondary N) is 2. The summed E-state index contributed by atoms with van der Waals surface area (Å²) in [6.45, 7) is 3.08. The molecule has 2 aromatic carbocycles. The fourth-order valence-electron chi connectivity index (χ4n) is 2.35. The number of hydrogen-bond donors (Lipinski definition) is 2. The van der Waals surface area contributed by atoms with Crippen LogP contribution in [0.5, 0.6) is 5.75 Å². The molecule has 29 heavy (non-hydrogen) atoms. The first-order valence-corrected chi connectivity index (χ1v) is 9.18. The molecule has 0 atom stereocenters. The molecule has 0 radical (unpaired) electrons. The fourth-order valence-corrected chi connectivity index (χ4v) is 2.35. The lowest BCUT2D eigenvalue weighted by Crippen LogP contribution is -2.42. The summed E-state index contributed by atoms with van der Waals surface area (Å²) in [7, 11) is 0. The van der Waals surface area contributed by atoms with Crippen molar-refractivity contribution in [3.63, 3.8) is 0 Å². The number of hydrogen-bond acceptors (Lipinski definition) is 5. The molecular formula is C21H23FN2O5. The monoisotopic (exact) mass is 402 g/mol. The number of carbonyl (C=O) groups is 3. The summed E-state index contributed by atoms with van der Waals surface area (Å²) in [5.74, 6) is -0.898. The van der Waals surface area contributed by atoms with E-state index in [4.69, 9.17) is 9.47 Å². The minimum atomic E-state index is -0.602. The molecule has 0 aliphatic rings. The third kappa shape index (κ3) is 7.71. The van der Waals surface area contributed by atoms with E-state index >= 15 is 0 Å². The van der Waals surface area contributed by atoms with Crippen LogP contribution < -0.4 is 15.4 Å². The van der Waals surface area contributed by atoms with Gasteiger partial charge >= 0.3 is 6.03 Å². The maximum Gasteiger partial charge on any atom is 0.321 e. The number of benzene rings is 2. The molecule has 0 aliphatic carbocycles. The summed E-state index contributed by atoms with van der Waals surface area (Å²) in [5, 5.41) is 4.70. The third-order valence-electron chi connectivity index (χ3n) is 3.80. The third-order valence-corrected chi connectivity index (χ3v) is 3.80. The summed E-state index contributed by atoms with van der Waals surface area (Å²) in [6, 6.07) is 10.8. The summed E-state index contributed by atoms with van der Waals surface area (Å²) >= 11 is 0. The normalized spacial score (nSPS) is 10.3. The van der Waals surface area contributed by atoms with Gasteiger partial charge in [0.1, 0.15) is 11.6 Å². The summed E-state index contributed by atoms with van der Waals surface area (Å²) < 4.78 is 23.4. The van der Waals surface area contributed by atoms with E-state index in [1.54, 1.807) is 12.1 Å². The Labute approximate surface area is 168 Å². The van der Waals surface area contributed by atoms with Crippen LogP contribution in [0.15, 0.2) is 48.5 Å². The number of ether oxygens (including phenoxy) is 2.